The molecule has 3 nitrogen and oxygen atoms in total. The van der Waals surface area contributed by atoms with E-state index in [1.54, 1.807) is 12.4 Å². The van der Waals surface area contributed by atoms with Crippen LogP contribution in [0.15, 0.2) is 48.8 Å². The number of ether oxygens (including phenoxy) is 1. The van der Waals surface area contributed by atoms with Crippen LogP contribution < -0.4 is 4.74 Å². The molecular weight excluding hydrogens is 248 g/mol. The van der Waals surface area contributed by atoms with Crippen LogP contribution in [0.4, 0.5) is 0 Å². The van der Waals surface area contributed by atoms with Crippen molar-refractivity contribution in [3.8, 4) is 5.75 Å². The van der Waals surface area contributed by atoms with Crippen LogP contribution in [0.5, 0.6) is 5.75 Å². The smallest absolute Gasteiger partial charge is 0.138 e. The Kier molecular flexibility index (Phi) is 2.90. The maximum absolute atomic E-state index is 5.95. The van der Waals surface area contributed by atoms with E-state index in [0.29, 0.717) is 6.61 Å². The molecule has 0 aliphatic carbocycles. The van der Waals surface area contributed by atoms with E-state index in [0.717, 1.165) is 27.4 Å². The number of aromatic amines is 1. The number of H-pyrrole nitrogens is 1. The second-order valence-corrected chi connectivity index (χ2v) is 4.44. The molecule has 2 heterocycles. The number of aromatic nitrogens is 2. The van der Waals surface area contributed by atoms with Crippen molar-refractivity contribution >= 4 is 22.5 Å². The number of fused-ring (bicyclic) bond motifs is 1. The largest absolute Gasteiger partial charge is 0.486 e. The Labute approximate surface area is 109 Å². The molecule has 2 aromatic heterocycles. The van der Waals surface area contributed by atoms with Gasteiger partial charge in [0.1, 0.15) is 12.4 Å². The monoisotopic (exact) mass is 258 g/mol. The highest BCUT2D eigenvalue weighted by molar-refractivity contribution is 6.31. The molecule has 1 aromatic carbocycles. The lowest BCUT2D eigenvalue weighted by Crippen LogP contribution is -1.95. The molecule has 18 heavy (non-hydrogen) atoms. The van der Waals surface area contributed by atoms with Crippen molar-refractivity contribution in [1.29, 1.82) is 0 Å². The minimum absolute atomic E-state index is 0.484. The quantitative estimate of drug-likeness (QED) is 0.776. The van der Waals surface area contributed by atoms with Crippen molar-refractivity contribution < 1.29 is 4.74 Å². The Morgan fingerprint density at radius 2 is 2.17 bits per heavy atom. The molecule has 0 aliphatic heterocycles. The molecular formula is C14H11ClN2O. The van der Waals surface area contributed by atoms with Crippen LogP contribution in [-0.4, -0.2) is 9.97 Å². The van der Waals surface area contributed by atoms with Gasteiger partial charge in [-0.25, -0.2) is 0 Å². The second kappa shape index (κ2) is 4.70. The number of hydrogen-bond donors (Lipinski definition) is 1. The molecule has 3 rings (SSSR count). The number of benzene rings is 1. The molecule has 0 fully saturated rings. The molecule has 0 unspecified atom stereocenters. The lowest BCUT2D eigenvalue weighted by Gasteiger charge is -2.02. The van der Waals surface area contributed by atoms with Crippen LogP contribution in [0.1, 0.15) is 5.69 Å². The van der Waals surface area contributed by atoms with Gasteiger partial charge >= 0.3 is 0 Å². The van der Waals surface area contributed by atoms with Gasteiger partial charge in [-0.1, -0.05) is 11.6 Å². The highest BCUT2D eigenvalue weighted by atomic mass is 35.5. The van der Waals surface area contributed by atoms with Gasteiger partial charge in [0.05, 0.1) is 11.9 Å². The first kappa shape index (κ1) is 11.1. The van der Waals surface area contributed by atoms with Gasteiger partial charge in [-0.05, 0) is 36.4 Å². The summed E-state index contributed by atoms with van der Waals surface area (Å²) in [6.45, 7) is 0.484. The van der Waals surface area contributed by atoms with Crippen molar-refractivity contribution in [3.05, 3.63) is 59.5 Å². The predicted molar refractivity (Wildman–Crippen MR) is 71.9 cm³/mol. The SMILES string of the molecule is Clc1ccc2[nH]c(COc3cccnc3)cc2c1. The van der Waals surface area contributed by atoms with Gasteiger partial charge in [0.15, 0.2) is 0 Å². The summed E-state index contributed by atoms with van der Waals surface area (Å²) in [5, 5.41) is 1.83. The summed E-state index contributed by atoms with van der Waals surface area (Å²) >= 11 is 5.95. The number of hydrogen-bond acceptors (Lipinski definition) is 2. The Morgan fingerprint density at radius 3 is 3.00 bits per heavy atom. The fourth-order valence-electron chi connectivity index (χ4n) is 1.83. The number of rotatable bonds is 3. The molecule has 0 saturated heterocycles. The zero-order chi connectivity index (χ0) is 12.4. The third kappa shape index (κ3) is 2.31. The van der Waals surface area contributed by atoms with E-state index in [-0.39, 0.29) is 0 Å². The van der Waals surface area contributed by atoms with Gasteiger partial charge in [0.2, 0.25) is 0 Å². The Balaban J connectivity index is 1.79. The molecule has 0 spiro atoms. The maximum Gasteiger partial charge on any atom is 0.138 e. The summed E-state index contributed by atoms with van der Waals surface area (Å²) < 4.78 is 5.63. The zero-order valence-electron chi connectivity index (χ0n) is 9.56. The van der Waals surface area contributed by atoms with Gasteiger partial charge in [0, 0.05) is 22.1 Å². The number of halogens is 1. The molecule has 4 heteroatoms. The first-order valence-corrected chi connectivity index (χ1v) is 5.99. The zero-order valence-corrected chi connectivity index (χ0v) is 10.3. The topological polar surface area (TPSA) is 37.9 Å². The molecule has 0 saturated carbocycles. The Bertz CT molecular complexity index is 664. The van der Waals surface area contributed by atoms with Gasteiger partial charge in [0.25, 0.3) is 0 Å². The summed E-state index contributed by atoms with van der Waals surface area (Å²) in [4.78, 5) is 7.29. The third-order valence-corrected chi connectivity index (χ3v) is 2.90. The van der Waals surface area contributed by atoms with Crippen LogP contribution in [-0.2, 0) is 6.61 Å². The van der Waals surface area contributed by atoms with E-state index < -0.39 is 0 Å². The molecule has 0 bridgehead atoms. The average molecular weight is 259 g/mol. The van der Waals surface area contributed by atoms with Crippen LogP contribution in [0.3, 0.4) is 0 Å². The van der Waals surface area contributed by atoms with E-state index >= 15 is 0 Å². The molecule has 0 radical (unpaired) electrons. The molecule has 0 aliphatic rings. The Morgan fingerprint density at radius 1 is 1.22 bits per heavy atom. The van der Waals surface area contributed by atoms with Crippen molar-refractivity contribution in [2.45, 2.75) is 6.61 Å². The van der Waals surface area contributed by atoms with Gasteiger partial charge in [-0.2, -0.15) is 0 Å². The second-order valence-electron chi connectivity index (χ2n) is 4.00. The summed E-state index contributed by atoms with van der Waals surface area (Å²) in [6.07, 6.45) is 3.41. The van der Waals surface area contributed by atoms with Gasteiger partial charge in [-0.3, -0.25) is 4.98 Å². The lowest BCUT2D eigenvalue weighted by molar-refractivity contribution is 0.301. The Hall–Kier alpha value is -2.00. The fourth-order valence-corrected chi connectivity index (χ4v) is 2.02. The molecule has 0 atom stereocenters. The van der Waals surface area contributed by atoms with Gasteiger partial charge < -0.3 is 9.72 Å². The molecule has 1 N–H and O–H groups in total. The highest BCUT2D eigenvalue weighted by Gasteiger charge is 2.02. The van der Waals surface area contributed by atoms with Gasteiger partial charge in [-0.15, -0.1) is 0 Å². The maximum atomic E-state index is 5.95. The van der Waals surface area contributed by atoms with Crippen LogP contribution in [0, 0.1) is 0 Å². The summed E-state index contributed by atoms with van der Waals surface area (Å²) in [5.41, 5.74) is 2.07. The first-order valence-electron chi connectivity index (χ1n) is 5.61. The van der Waals surface area contributed by atoms with Crippen molar-refractivity contribution in [1.82, 2.24) is 9.97 Å². The van der Waals surface area contributed by atoms with E-state index in [1.165, 1.54) is 0 Å². The molecule has 0 amide bonds. The highest BCUT2D eigenvalue weighted by Crippen LogP contribution is 2.20. The number of nitrogens with one attached hydrogen (secondary N) is 1. The first-order chi connectivity index (χ1) is 8.81. The number of nitrogens with zero attached hydrogens (tertiary/aromatic N) is 1. The van der Waals surface area contributed by atoms with E-state index in [4.69, 9.17) is 16.3 Å². The van der Waals surface area contributed by atoms with E-state index in [1.807, 2.05) is 36.4 Å². The lowest BCUT2D eigenvalue weighted by atomic mass is 10.2. The average Bonchev–Trinajstić information content (AvgIpc) is 2.79. The third-order valence-electron chi connectivity index (χ3n) is 2.67. The fraction of sp³-hybridized carbons (Fsp3) is 0.0714. The standard InChI is InChI=1S/C14H11ClN2O/c15-11-3-4-14-10(6-11)7-12(17-14)9-18-13-2-1-5-16-8-13/h1-8,17H,9H2. The van der Waals surface area contributed by atoms with Crippen LogP contribution in [0.2, 0.25) is 5.02 Å². The van der Waals surface area contributed by atoms with E-state index in [2.05, 4.69) is 9.97 Å². The minimum atomic E-state index is 0.484. The molecule has 3 aromatic rings. The van der Waals surface area contributed by atoms with Crippen molar-refractivity contribution in [2.24, 2.45) is 0 Å². The summed E-state index contributed by atoms with van der Waals surface area (Å²) in [6, 6.07) is 11.5. The van der Waals surface area contributed by atoms with Crippen LogP contribution in [0.25, 0.3) is 10.9 Å². The normalized spacial score (nSPS) is 10.7. The van der Waals surface area contributed by atoms with Crippen molar-refractivity contribution in [3.63, 3.8) is 0 Å². The summed E-state index contributed by atoms with van der Waals surface area (Å²) in [7, 11) is 0. The minimum Gasteiger partial charge on any atom is -0.486 e. The van der Waals surface area contributed by atoms with Crippen molar-refractivity contribution in [2.75, 3.05) is 0 Å². The molecule has 90 valence electrons. The number of pyridine rings is 1. The predicted octanol–water partition coefficient (Wildman–Crippen LogP) is 3.80. The van der Waals surface area contributed by atoms with E-state index in [9.17, 15) is 0 Å². The summed E-state index contributed by atoms with van der Waals surface area (Å²) in [5.74, 6) is 0.759. The van der Waals surface area contributed by atoms with Crippen LogP contribution >= 0.6 is 11.6 Å².